The van der Waals surface area contributed by atoms with Crippen molar-refractivity contribution in [1.82, 2.24) is 9.97 Å². The maximum atomic E-state index is 5.54. The number of imidazole rings is 1. The van der Waals surface area contributed by atoms with Crippen LogP contribution in [0.3, 0.4) is 0 Å². The molecule has 2 aromatic rings. The molecule has 0 unspecified atom stereocenters. The van der Waals surface area contributed by atoms with E-state index in [2.05, 4.69) is 9.97 Å². The average Bonchev–Trinajstić information content (AvgIpc) is 2.72. The summed E-state index contributed by atoms with van der Waals surface area (Å²) in [6.07, 6.45) is 0.776. The summed E-state index contributed by atoms with van der Waals surface area (Å²) in [5, 5.41) is 0. The zero-order chi connectivity index (χ0) is 13.0. The molecule has 0 aliphatic rings. The Morgan fingerprint density at radius 3 is 2.61 bits per heavy atom. The van der Waals surface area contributed by atoms with Crippen LogP contribution < -0.4 is 10.5 Å². The van der Waals surface area contributed by atoms with Crippen molar-refractivity contribution in [3.05, 3.63) is 35.8 Å². The van der Waals surface area contributed by atoms with E-state index in [-0.39, 0.29) is 0 Å². The molecule has 1 aromatic carbocycles. The summed E-state index contributed by atoms with van der Waals surface area (Å²) < 4.78 is 5.43. The van der Waals surface area contributed by atoms with E-state index < -0.39 is 0 Å². The van der Waals surface area contributed by atoms with Crippen molar-refractivity contribution in [3.63, 3.8) is 0 Å². The number of H-pyrrole nitrogens is 1. The summed E-state index contributed by atoms with van der Waals surface area (Å²) in [4.78, 5) is 7.83. The fourth-order valence-electron chi connectivity index (χ4n) is 1.93. The lowest BCUT2D eigenvalue weighted by Crippen LogP contribution is -2.03. The lowest BCUT2D eigenvalue weighted by Gasteiger charge is -2.03. The highest BCUT2D eigenvalue weighted by Gasteiger charge is 2.08. The molecule has 0 spiro atoms. The summed E-state index contributed by atoms with van der Waals surface area (Å²) >= 11 is 0. The molecule has 0 radical (unpaired) electrons. The fourth-order valence-corrected chi connectivity index (χ4v) is 1.93. The quantitative estimate of drug-likeness (QED) is 0.849. The van der Waals surface area contributed by atoms with Crippen LogP contribution in [0.4, 0.5) is 0 Å². The predicted molar refractivity (Wildman–Crippen MR) is 72.7 cm³/mol. The first-order valence-electron chi connectivity index (χ1n) is 6.23. The molecule has 4 nitrogen and oxygen atoms in total. The molecular weight excluding hydrogens is 226 g/mol. The van der Waals surface area contributed by atoms with Gasteiger partial charge in [0.2, 0.25) is 0 Å². The molecule has 0 aliphatic heterocycles. The number of benzene rings is 1. The first-order valence-corrected chi connectivity index (χ1v) is 6.23. The molecule has 1 heterocycles. The molecule has 2 rings (SSSR count). The van der Waals surface area contributed by atoms with E-state index in [0.29, 0.717) is 13.2 Å². The minimum Gasteiger partial charge on any atom is -0.494 e. The molecule has 0 saturated carbocycles. The van der Waals surface area contributed by atoms with E-state index >= 15 is 0 Å². The summed E-state index contributed by atoms with van der Waals surface area (Å²) in [7, 11) is 0. The second-order valence-corrected chi connectivity index (χ2v) is 4.15. The molecule has 0 aliphatic carbocycles. The molecule has 1 aromatic heterocycles. The minimum atomic E-state index is 0.607. The van der Waals surface area contributed by atoms with E-state index in [9.17, 15) is 0 Å². The molecule has 0 amide bonds. The first-order chi connectivity index (χ1) is 8.74. The van der Waals surface area contributed by atoms with E-state index in [1.54, 1.807) is 0 Å². The molecule has 4 heteroatoms. The third kappa shape index (κ3) is 2.71. The van der Waals surface area contributed by atoms with Gasteiger partial charge in [0, 0.05) is 17.7 Å². The monoisotopic (exact) mass is 245 g/mol. The van der Waals surface area contributed by atoms with Crippen LogP contribution >= 0.6 is 0 Å². The van der Waals surface area contributed by atoms with Gasteiger partial charge in [-0.3, -0.25) is 0 Å². The Labute approximate surface area is 107 Å². The summed E-state index contributed by atoms with van der Waals surface area (Å²) in [6, 6.07) is 7.99. The zero-order valence-electron chi connectivity index (χ0n) is 10.9. The van der Waals surface area contributed by atoms with Crippen LogP contribution in [0, 0.1) is 6.92 Å². The van der Waals surface area contributed by atoms with Gasteiger partial charge in [-0.2, -0.15) is 0 Å². The number of nitrogens with two attached hydrogens (primary N) is 1. The van der Waals surface area contributed by atoms with Crippen molar-refractivity contribution < 1.29 is 4.74 Å². The molecule has 0 saturated heterocycles. The maximum absolute atomic E-state index is 5.54. The maximum Gasteiger partial charge on any atom is 0.119 e. The fraction of sp³-hybridized carbons (Fsp3) is 0.357. The van der Waals surface area contributed by atoms with Gasteiger partial charge in [0.05, 0.1) is 12.3 Å². The van der Waals surface area contributed by atoms with Crippen LogP contribution in [-0.2, 0) is 6.42 Å². The number of aromatic amines is 1. The molecule has 0 atom stereocenters. The van der Waals surface area contributed by atoms with E-state index in [1.165, 1.54) is 0 Å². The van der Waals surface area contributed by atoms with Crippen molar-refractivity contribution in [2.24, 2.45) is 5.73 Å². The Balaban J connectivity index is 2.24. The smallest absolute Gasteiger partial charge is 0.119 e. The highest BCUT2D eigenvalue weighted by atomic mass is 16.5. The van der Waals surface area contributed by atoms with Crippen molar-refractivity contribution in [2.45, 2.75) is 20.3 Å². The summed E-state index contributed by atoms with van der Waals surface area (Å²) in [5.41, 5.74) is 8.69. The minimum absolute atomic E-state index is 0.607. The molecule has 96 valence electrons. The topological polar surface area (TPSA) is 63.9 Å². The van der Waals surface area contributed by atoms with Crippen LogP contribution in [0.15, 0.2) is 24.3 Å². The van der Waals surface area contributed by atoms with Crippen LogP contribution in [0.25, 0.3) is 11.3 Å². The van der Waals surface area contributed by atoms with Gasteiger partial charge in [0.25, 0.3) is 0 Å². The third-order valence-corrected chi connectivity index (χ3v) is 2.75. The molecule has 3 N–H and O–H groups in total. The van der Waals surface area contributed by atoms with Crippen molar-refractivity contribution in [2.75, 3.05) is 13.2 Å². The second kappa shape index (κ2) is 5.69. The lowest BCUT2D eigenvalue weighted by atomic mass is 10.1. The van der Waals surface area contributed by atoms with Gasteiger partial charge < -0.3 is 15.5 Å². The summed E-state index contributed by atoms with van der Waals surface area (Å²) in [5.74, 6) is 1.83. The first kappa shape index (κ1) is 12.6. The van der Waals surface area contributed by atoms with E-state index in [0.717, 1.165) is 34.9 Å². The second-order valence-electron chi connectivity index (χ2n) is 4.15. The number of hydrogen-bond donors (Lipinski definition) is 2. The predicted octanol–water partition coefficient (Wildman–Crippen LogP) is 2.29. The van der Waals surface area contributed by atoms with E-state index in [1.807, 2.05) is 38.1 Å². The van der Waals surface area contributed by atoms with Gasteiger partial charge >= 0.3 is 0 Å². The van der Waals surface area contributed by atoms with Gasteiger partial charge in [0.15, 0.2) is 0 Å². The SMILES string of the molecule is CCOc1ccc(-c2nc(CCN)[nH]c2C)cc1. The van der Waals surface area contributed by atoms with Crippen LogP contribution in [-0.4, -0.2) is 23.1 Å². The van der Waals surface area contributed by atoms with Crippen molar-refractivity contribution >= 4 is 0 Å². The van der Waals surface area contributed by atoms with Crippen molar-refractivity contribution in [3.8, 4) is 17.0 Å². The third-order valence-electron chi connectivity index (χ3n) is 2.75. The number of aromatic nitrogens is 2. The lowest BCUT2D eigenvalue weighted by molar-refractivity contribution is 0.340. The summed E-state index contributed by atoms with van der Waals surface area (Å²) in [6.45, 7) is 5.29. The number of nitrogens with one attached hydrogen (secondary N) is 1. The Hall–Kier alpha value is -1.81. The number of rotatable bonds is 5. The van der Waals surface area contributed by atoms with Crippen molar-refractivity contribution in [1.29, 1.82) is 0 Å². The number of aryl methyl sites for hydroxylation is 1. The van der Waals surface area contributed by atoms with Gasteiger partial charge in [0.1, 0.15) is 11.6 Å². The van der Waals surface area contributed by atoms with E-state index in [4.69, 9.17) is 10.5 Å². The van der Waals surface area contributed by atoms with Gasteiger partial charge in [-0.1, -0.05) is 0 Å². The van der Waals surface area contributed by atoms with Crippen LogP contribution in [0.2, 0.25) is 0 Å². The highest BCUT2D eigenvalue weighted by molar-refractivity contribution is 5.62. The molecular formula is C14H19N3O. The van der Waals surface area contributed by atoms with Crippen LogP contribution in [0.1, 0.15) is 18.4 Å². The standard InChI is InChI=1S/C14H19N3O/c1-3-18-12-6-4-11(5-7-12)14-10(2)16-13(17-14)8-9-15/h4-7H,3,8-9,15H2,1-2H3,(H,16,17). The zero-order valence-corrected chi connectivity index (χ0v) is 10.9. The molecule has 0 fully saturated rings. The Morgan fingerprint density at radius 2 is 2.00 bits per heavy atom. The number of nitrogens with zero attached hydrogens (tertiary/aromatic N) is 1. The Kier molecular flexibility index (Phi) is 3.99. The molecule has 18 heavy (non-hydrogen) atoms. The van der Waals surface area contributed by atoms with Crippen LogP contribution in [0.5, 0.6) is 5.75 Å². The Bertz CT molecular complexity index is 502. The van der Waals surface area contributed by atoms with Gasteiger partial charge in [-0.25, -0.2) is 4.98 Å². The highest BCUT2D eigenvalue weighted by Crippen LogP contribution is 2.23. The number of hydrogen-bond acceptors (Lipinski definition) is 3. The molecule has 0 bridgehead atoms. The van der Waals surface area contributed by atoms with Gasteiger partial charge in [-0.15, -0.1) is 0 Å². The largest absolute Gasteiger partial charge is 0.494 e. The normalized spacial score (nSPS) is 10.6. The van der Waals surface area contributed by atoms with Gasteiger partial charge in [-0.05, 0) is 44.7 Å². The average molecular weight is 245 g/mol. The Morgan fingerprint density at radius 1 is 1.28 bits per heavy atom. The number of ether oxygens (including phenoxy) is 1.